The molecule has 3 rings (SSSR count). The summed E-state index contributed by atoms with van der Waals surface area (Å²) in [6, 6.07) is 23.8. The molecule has 0 aliphatic carbocycles. The SMILES string of the molecule is CN(CCc1ccccc1)C(=O)C(Cc1ccc2ccccc2c1)N(C)C(=O)/C=C/CC(C)(C)N. The number of likely N-dealkylation sites (N-methyl/N-ethyl adjacent to an activating group) is 2. The lowest BCUT2D eigenvalue weighted by Crippen LogP contribution is -2.49. The van der Waals surface area contributed by atoms with Crippen molar-refractivity contribution in [2.75, 3.05) is 20.6 Å². The lowest BCUT2D eigenvalue weighted by atomic mass is 9.99. The zero-order valence-electron chi connectivity index (χ0n) is 21.3. The van der Waals surface area contributed by atoms with Gasteiger partial charge in [0.15, 0.2) is 0 Å². The van der Waals surface area contributed by atoms with Crippen molar-refractivity contribution in [1.82, 2.24) is 9.80 Å². The molecular weight excluding hydrogens is 434 g/mol. The van der Waals surface area contributed by atoms with Crippen LogP contribution in [0.1, 0.15) is 31.4 Å². The van der Waals surface area contributed by atoms with Crippen LogP contribution in [0, 0.1) is 0 Å². The maximum atomic E-state index is 13.6. The Morgan fingerprint density at radius 3 is 2.26 bits per heavy atom. The number of rotatable bonds is 10. The van der Waals surface area contributed by atoms with Gasteiger partial charge in [0.1, 0.15) is 6.04 Å². The number of nitrogens with zero attached hydrogens (tertiary/aromatic N) is 2. The number of fused-ring (bicyclic) bond motifs is 1. The van der Waals surface area contributed by atoms with E-state index in [2.05, 4.69) is 36.4 Å². The van der Waals surface area contributed by atoms with Crippen LogP contribution >= 0.6 is 0 Å². The van der Waals surface area contributed by atoms with Crippen LogP contribution in [0.2, 0.25) is 0 Å². The standard InChI is InChI=1S/C30H37N3O2/c1-30(2,31)19-10-15-28(34)33(4)27(22-24-16-17-25-13-8-9-14-26(25)21-24)29(35)32(3)20-18-23-11-6-5-7-12-23/h5-17,21,27H,18-20,22,31H2,1-4H3/b15-10+. The lowest BCUT2D eigenvalue weighted by Gasteiger charge is -2.30. The summed E-state index contributed by atoms with van der Waals surface area (Å²) in [6.07, 6.45) is 5.09. The Morgan fingerprint density at radius 1 is 0.914 bits per heavy atom. The lowest BCUT2D eigenvalue weighted by molar-refractivity contribution is -0.141. The van der Waals surface area contributed by atoms with Crippen LogP contribution in [0.25, 0.3) is 10.8 Å². The molecule has 2 N–H and O–H groups in total. The number of hydrogen-bond acceptors (Lipinski definition) is 3. The van der Waals surface area contributed by atoms with E-state index < -0.39 is 11.6 Å². The molecule has 3 aromatic carbocycles. The van der Waals surface area contributed by atoms with E-state index in [1.54, 1.807) is 22.9 Å². The Morgan fingerprint density at radius 2 is 1.57 bits per heavy atom. The van der Waals surface area contributed by atoms with Crippen molar-refractivity contribution < 1.29 is 9.59 Å². The molecule has 0 fully saturated rings. The highest BCUT2D eigenvalue weighted by Crippen LogP contribution is 2.19. The monoisotopic (exact) mass is 471 g/mol. The molecule has 0 aromatic heterocycles. The highest BCUT2D eigenvalue weighted by Gasteiger charge is 2.29. The number of carbonyl (C=O) groups excluding carboxylic acids is 2. The van der Waals surface area contributed by atoms with E-state index in [9.17, 15) is 9.59 Å². The van der Waals surface area contributed by atoms with Crippen molar-refractivity contribution in [1.29, 1.82) is 0 Å². The van der Waals surface area contributed by atoms with E-state index in [0.29, 0.717) is 19.4 Å². The molecule has 5 nitrogen and oxygen atoms in total. The van der Waals surface area contributed by atoms with Crippen LogP contribution in [-0.4, -0.2) is 53.8 Å². The van der Waals surface area contributed by atoms with Gasteiger partial charge in [0.05, 0.1) is 0 Å². The molecule has 0 saturated heterocycles. The minimum absolute atomic E-state index is 0.0718. The Bertz CT molecular complexity index is 1160. The van der Waals surface area contributed by atoms with Crippen LogP contribution in [0.5, 0.6) is 0 Å². The van der Waals surface area contributed by atoms with Crippen molar-refractivity contribution in [3.8, 4) is 0 Å². The third-order valence-corrected chi connectivity index (χ3v) is 6.20. The Labute approximate surface area is 209 Å². The molecule has 35 heavy (non-hydrogen) atoms. The summed E-state index contributed by atoms with van der Waals surface area (Å²) in [5, 5.41) is 2.27. The number of carbonyl (C=O) groups is 2. The van der Waals surface area contributed by atoms with Gasteiger partial charge in [0.2, 0.25) is 11.8 Å². The van der Waals surface area contributed by atoms with E-state index in [1.807, 2.05) is 57.3 Å². The molecule has 5 heteroatoms. The predicted octanol–water partition coefficient (Wildman–Crippen LogP) is 4.59. The van der Waals surface area contributed by atoms with Gasteiger partial charge in [-0.3, -0.25) is 9.59 Å². The first-order valence-electron chi connectivity index (χ1n) is 12.1. The molecule has 0 radical (unpaired) electrons. The Balaban J connectivity index is 1.80. The van der Waals surface area contributed by atoms with E-state index in [4.69, 9.17) is 5.73 Å². The average molecular weight is 472 g/mol. The average Bonchev–Trinajstić information content (AvgIpc) is 2.84. The highest BCUT2D eigenvalue weighted by molar-refractivity contribution is 5.93. The van der Waals surface area contributed by atoms with E-state index in [1.165, 1.54) is 11.6 Å². The Hall–Kier alpha value is -3.44. The molecule has 0 saturated carbocycles. The van der Waals surface area contributed by atoms with Crippen LogP contribution in [-0.2, 0) is 22.4 Å². The van der Waals surface area contributed by atoms with Gasteiger partial charge in [-0.2, -0.15) is 0 Å². The summed E-state index contributed by atoms with van der Waals surface area (Å²) in [7, 11) is 3.51. The van der Waals surface area contributed by atoms with Gasteiger partial charge in [0.25, 0.3) is 0 Å². The fraction of sp³-hybridized carbons (Fsp3) is 0.333. The molecule has 184 valence electrons. The van der Waals surface area contributed by atoms with E-state index in [0.717, 1.165) is 22.8 Å². The minimum atomic E-state index is -0.611. The highest BCUT2D eigenvalue weighted by atomic mass is 16.2. The van der Waals surface area contributed by atoms with Crippen molar-refractivity contribution in [2.45, 2.75) is 44.7 Å². The molecule has 0 bridgehead atoms. The van der Waals surface area contributed by atoms with Crippen molar-refractivity contribution in [3.05, 3.63) is 96.1 Å². The number of hydrogen-bond donors (Lipinski definition) is 1. The second-order valence-electron chi connectivity index (χ2n) is 9.94. The van der Waals surface area contributed by atoms with Crippen LogP contribution in [0.15, 0.2) is 84.9 Å². The first-order valence-corrected chi connectivity index (χ1v) is 12.1. The summed E-state index contributed by atoms with van der Waals surface area (Å²) < 4.78 is 0. The molecule has 3 aromatic rings. The number of amides is 2. The van der Waals surface area contributed by atoms with E-state index in [-0.39, 0.29) is 11.8 Å². The number of nitrogens with two attached hydrogens (primary N) is 1. The zero-order chi connectivity index (χ0) is 25.4. The van der Waals surface area contributed by atoms with Crippen LogP contribution in [0.4, 0.5) is 0 Å². The maximum Gasteiger partial charge on any atom is 0.246 e. The number of benzene rings is 3. The van der Waals surface area contributed by atoms with Gasteiger partial charge in [-0.25, -0.2) is 0 Å². The van der Waals surface area contributed by atoms with Gasteiger partial charge in [-0.1, -0.05) is 78.9 Å². The fourth-order valence-corrected chi connectivity index (χ4v) is 4.02. The molecule has 0 aliphatic rings. The Kier molecular flexibility index (Phi) is 8.83. The second kappa shape index (κ2) is 11.8. The molecule has 0 spiro atoms. The summed E-state index contributed by atoms with van der Waals surface area (Å²) in [6.45, 7) is 4.41. The largest absolute Gasteiger partial charge is 0.344 e. The first kappa shape index (κ1) is 26.2. The maximum absolute atomic E-state index is 13.6. The predicted molar refractivity (Wildman–Crippen MR) is 144 cm³/mol. The van der Waals surface area contributed by atoms with Crippen molar-refractivity contribution in [2.24, 2.45) is 5.73 Å². The van der Waals surface area contributed by atoms with Gasteiger partial charge >= 0.3 is 0 Å². The zero-order valence-corrected chi connectivity index (χ0v) is 21.3. The van der Waals surface area contributed by atoms with Gasteiger partial charge in [0, 0.05) is 32.6 Å². The smallest absolute Gasteiger partial charge is 0.246 e. The van der Waals surface area contributed by atoms with E-state index >= 15 is 0 Å². The summed E-state index contributed by atoms with van der Waals surface area (Å²) in [4.78, 5) is 29.9. The van der Waals surface area contributed by atoms with Gasteiger partial charge < -0.3 is 15.5 Å². The summed E-state index contributed by atoms with van der Waals surface area (Å²) >= 11 is 0. The molecule has 0 heterocycles. The summed E-state index contributed by atoms with van der Waals surface area (Å²) in [5.74, 6) is -0.276. The molecular formula is C30H37N3O2. The quantitative estimate of drug-likeness (QED) is 0.440. The van der Waals surface area contributed by atoms with Gasteiger partial charge in [-0.05, 0) is 54.7 Å². The molecule has 2 amide bonds. The molecule has 1 unspecified atom stereocenters. The second-order valence-corrected chi connectivity index (χ2v) is 9.94. The third-order valence-electron chi connectivity index (χ3n) is 6.20. The van der Waals surface area contributed by atoms with Gasteiger partial charge in [-0.15, -0.1) is 0 Å². The third kappa shape index (κ3) is 7.79. The van der Waals surface area contributed by atoms with Crippen LogP contribution in [0.3, 0.4) is 0 Å². The molecule has 0 aliphatic heterocycles. The molecule has 1 atom stereocenters. The minimum Gasteiger partial charge on any atom is -0.344 e. The fourth-order valence-electron chi connectivity index (χ4n) is 4.02. The topological polar surface area (TPSA) is 66.6 Å². The van der Waals surface area contributed by atoms with Crippen molar-refractivity contribution >= 4 is 22.6 Å². The van der Waals surface area contributed by atoms with Crippen molar-refractivity contribution in [3.63, 3.8) is 0 Å². The first-order chi connectivity index (χ1) is 16.6. The van der Waals surface area contributed by atoms with Crippen LogP contribution < -0.4 is 5.73 Å². The summed E-state index contributed by atoms with van der Waals surface area (Å²) in [5.41, 5.74) is 7.84. The normalized spacial score (nSPS) is 12.6.